The topological polar surface area (TPSA) is 3.24 Å². The second-order valence-electron chi connectivity index (χ2n) is 14.5. The van der Waals surface area contributed by atoms with E-state index in [0.717, 1.165) is 23.5 Å². The van der Waals surface area contributed by atoms with Crippen molar-refractivity contribution >= 4 is 49.8 Å². The summed E-state index contributed by atoms with van der Waals surface area (Å²) in [6, 6.07) is 73.4. The molecule has 0 radical (unpaired) electrons. The Labute approximate surface area is 315 Å². The molecule has 0 saturated carbocycles. The summed E-state index contributed by atoms with van der Waals surface area (Å²) in [5.41, 5.74) is 19.2. The van der Waals surface area contributed by atoms with Crippen LogP contribution in [0, 0.1) is 0 Å². The molecule has 0 unspecified atom stereocenters. The fourth-order valence-corrected chi connectivity index (χ4v) is 8.87. The van der Waals surface area contributed by atoms with Crippen molar-refractivity contribution in [1.82, 2.24) is 0 Å². The van der Waals surface area contributed by atoms with Crippen molar-refractivity contribution in [2.24, 2.45) is 0 Å². The van der Waals surface area contributed by atoms with E-state index in [1.54, 1.807) is 0 Å². The van der Waals surface area contributed by atoms with Crippen LogP contribution < -0.4 is 4.90 Å². The van der Waals surface area contributed by atoms with Gasteiger partial charge in [0.25, 0.3) is 0 Å². The van der Waals surface area contributed by atoms with Gasteiger partial charge in [-0.15, -0.1) is 0 Å². The minimum Gasteiger partial charge on any atom is -0.311 e. The second kappa shape index (κ2) is 12.3. The standard InChI is InChI=1S/C53H35N/c1-2-9-35(10-3-1)36-21-27-43(28-22-36)54(45-31-25-39(26-32-45)47-16-6-12-38-11-4-5-15-46(38)47)44-29-23-37(24-30-44)41-19-20-42-34-51-48-17-7-13-40-14-8-18-49(52(40)48)53(51)50(42)33-41/h1-33H,34H2. The Hall–Kier alpha value is -6.96. The van der Waals surface area contributed by atoms with E-state index in [9.17, 15) is 0 Å². The zero-order valence-corrected chi connectivity index (χ0v) is 29.7. The molecule has 9 aromatic carbocycles. The number of benzene rings is 9. The van der Waals surface area contributed by atoms with Crippen molar-refractivity contribution in [2.45, 2.75) is 6.42 Å². The number of anilines is 3. The minimum absolute atomic E-state index is 0.995. The lowest BCUT2D eigenvalue weighted by Crippen LogP contribution is -2.09. The predicted molar refractivity (Wildman–Crippen MR) is 229 cm³/mol. The van der Waals surface area contributed by atoms with Crippen LogP contribution in [-0.2, 0) is 6.42 Å². The van der Waals surface area contributed by atoms with Crippen molar-refractivity contribution in [3.63, 3.8) is 0 Å². The summed E-state index contributed by atoms with van der Waals surface area (Å²) >= 11 is 0. The van der Waals surface area contributed by atoms with Gasteiger partial charge in [0.05, 0.1) is 0 Å². The van der Waals surface area contributed by atoms with Crippen LogP contribution in [0.1, 0.15) is 22.3 Å². The molecule has 2 aliphatic carbocycles. The fraction of sp³-hybridized carbons (Fsp3) is 0.0189. The quantitative estimate of drug-likeness (QED) is 0.168. The van der Waals surface area contributed by atoms with Crippen molar-refractivity contribution in [2.75, 3.05) is 4.90 Å². The average Bonchev–Trinajstić information content (AvgIpc) is 3.78. The molecule has 1 nitrogen and oxygen atoms in total. The highest BCUT2D eigenvalue weighted by Gasteiger charge is 2.31. The summed E-state index contributed by atoms with van der Waals surface area (Å²) in [6.07, 6.45) is 0.995. The maximum atomic E-state index is 2.42. The number of hydrogen-bond donors (Lipinski definition) is 0. The Morgan fingerprint density at radius 1 is 0.333 bits per heavy atom. The summed E-state index contributed by atoms with van der Waals surface area (Å²) in [4.78, 5) is 2.36. The smallest absolute Gasteiger partial charge is 0.0462 e. The Morgan fingerprint density at radius 2 is 0.852 bits per heavy atom. The highest BCUT2D eigenvalue weighted by molar-refractivity contribution is 6.20. The maximum absolute atomic E-state index is 2.42. The normalized spacial score (nSPS) is 12.7. The zero-order valence-electron chi connectivity index (χ0n) is 29.7. The SMILES string of the molecule is c1ccc(-c2ccc(N(c3ccc(-c4ccc5c(c4)C4=C(C5)c5cccc6cccc4c56)cc3)c3ccc(-c4cccc5ccccc45)cc3)cc2)cc1. The summed E-state index contributed by atoms with van der Waals surface area (Å²) in [7, 11) is 0. The molecular weight excluding hydrogens is 651 g/mol. The van der Waals surface area contributed by atoms with Gasteiger partial charge in [0.2, 0.25) is 0 Å². The molecule has 11 rings (SSSR count). The van der Waals surface area contributed by atoms with Crippen molar-refractivity contribution in [3.05, 3.63) is 222 Å². The highest BCUT2D eigenvalue weighted by atomic mass is 15.1. The Morgan fingerprint density at radius 3 is 1.56 bits per heavy atom. The van der Waals surface area contributed by atoms with Gasteiger partial charge in [-0.25, -0.2) is 0 Å². The van der Waals surface area contributed by atoms with Crippen LogP contribution in [0.2, 0.25) is 0 Å². The molecule has 0 aliphatic heterocycles. The van der Waals surface area contributed by atoms with E-state index < -0.39 is 0 Å². The van der Waals surface area contributed by atoms with E-state index in [-0.39, 0.29) is 0 Å². The molecule has 0 N–H and O–H groups in total. The molecule has 0 heterocycles. The van der Waals surface area contributed by atoms with E-state index >= 15 is 0 Å². The zero-order chi connectivity index (χ0) is 35.6. The van der Waals surface area contributed by atoms with Gasteiger partial charge in [0.1, 0.15) is 0 Å². The van der Waals surface area contributed by atoms with E-state index in [1.807, 2.05) is 0 Å². The van der Waals surface area contributed by atoms with Crippen LogP contribution in [0.4, 0.5) is 17.1 Å². The third kappa shape index (κ3) is 4.94. The summed E-state index contributed by atoms with van der Waals surface area (Å²) < 4.78 is 0. The Balaban J connectivity index is 0.963. The molecule has 9 aromatic rings. The van der Waals surface area contributed by atoms with Gasteiger partial charge >= 0.3 is 0 Å². The molecule has 54 heavy (non-hydrogen) atoms. The van der Waals surface area contributed by atoms with Crippen molar-refractivity contribution in [3.8, 4) is 33.4 Å². The molecule has 0 amide bonds. The molecule has 0 fully saturated rings. The number of fused-ring (bicyclic) bond motifs is 5. The van der Waals surface area contributed by atoms with Gasteiger partial charge in [-0.05, 0) is 137 Å². The third-order valence-corrected chi connectivity index (χ3v) is 11.5. The summed E-state index contributed by atoms with van der Waals surface area (Å²) in [6.45, 7) is 0. The van der Waals surface area contributed by atoms with Crippen LogP contribution in [0.5, 0.6) is 0 Å². The van der Waals surface area contributed by atoms with Crippen LogP contribution in [0.3, 0.4) is 0 Å². The molecule has 0 atom stereocenters. The molecule has 2 aliphatic rings. The van der Waals surface area contributed by atoms with Crippen LogP contribution in [0.15, 0.2) is 200 Å². The molecule has 0 spiro atoms. The lowest BCUT2D eigenvalue weighted by Gasteiger charge is -2.26. The van der Waals surface area contributed by atoms with Crippen LogP contribution in [0.25, 0.3) is 66.1 Å². The van der Waals surface area contributed by atoms with Crippen LogP contribution >= 0.6 is 0 Å². The van der Waals surface area contributed by atoms with Gasteiger partial charge in [0.15, 0.2) is 0 Å². The van der Waals surface area contributed by atoms with Gasteiger partial charge in [0, 0.05) is 17.1 Å². The molecule has 1 heteroatoms. The van der Waals surface area contributed by atoms with E-state index in [2.05, 4.69) is 205 Å². The molecule has 252 valence electrons. The average molecular weight is 686 g/mol. The molecule has 0 aromatic heterocycles. The number of nitrogens with zero attached hydrogens (tertiary/aromatic N) is 1. The fourth-order valence-electron chi connectivity index (χ4n) is 8.87. The van der Waals surface area contributed by atoms with Gasteiger partial charge in [-0.2, -0.15) is 0 Å². The number of rotatable bonds is 6. The van der Waals surface area contributed by atoms with E-state index in [4.69, 9.17) is 0 Å². The third-order valence-electron chi connectivity index (χ3n) is 11.5. The monoisotopic (exact) mass is 685 g/mol. The Bertz CT molecular complexity index is 2910. The predicted octanol–water partition coefficient (Wildman–Crippen LogP) is 14.3. The lowest BCUT2D eigenvalue weighted by atomic mass is 9.93. The molecular formula is C53H35N. The first-order valence-electron chi connectivity index (χ1n) is 18.8. The van der Waals surface area contributed by atoms with E-state index in [0.29, 0.717) is 0 Å². The first-order chi connectivity index (χ1) is 26.8. The maximum Gasteiger partial charge on any atom is 0.0462 e. The Kier molecular flexibility index (Phi) is 7.00. The first-order valence-corrected chi connectivity index (χ1v) is 18.8. The largest absolute Gasteiger partial charge is 0.311 e. The lowest BCUT2D eigenvalue weighted by molar-refractivity contribution is 1.28. The van der Waals surface area contributed by atoms with Gasteiger partial charge in [-0.1, -0.05) is 158 Å². The van der Waals surface area contributed by atoms with Gasteiger partial charge in [-0.3, -0.25) is 0 Å². The molecule has 0 bridgehead atoms. The highest BCUT2D eigenvalue weighted by Crippen LogP contribution is 2.51. The summed E-state index contributed by atoms with van der Waals surface area (Å²) in [5, 5.41) is 5.26. The van der Waals surface area contributed by atoms with Crippen molar-refractivity contribution < 1.29 is 0 Å². The summed E-state index contributed by atoms with van der Waals surface area (Å²) in [5.74, 6) is 0. The molecule has 0 saturated heterocycles. The number of hydrogen-bond acceptors (Lipinski definition) is 1. The van der Waals surface area contributed by atoms with E-state index in [1.165, 1.54) is 88.3 Å². The van der Waals surface area contributed by atoms with Crippen LogP contribution in [-0.4, -0.2) is 0 Å². The first kappa shape index (κ1) is 30.6. The minimum atomic E-state index is 0.995. The van der Waals surface area contributed by atoms with Crippen molar-refractivity contribution in [1.29, 1.82) is 0 Å². The second-order valence-corrected chi connectivity index (χ2v) is 14.5. The van der Waals surface area contributed by atoms with Gasteiger partial charge < -0.3 is 4.90 Å². The number of allylic oxidation sites excluding steroid dienone is 1.